The second-order valence-corrected chi connectivity index (χ2v) is 8.66. The number of allylic oxidation sites excluding steroid dienone is 1. The van der Waals surface area contributed by atoms with E-state index in [-0.39, 0.29) is 12.2 Å². The predicted octanol–water partition coefficient (Wildman–Crippen LogP) is 3.93. The maximum absolute atomic E-state index is 12.9. The molecular formula is C19H19NO4S2. The zero-order chi connectivity index (χ0) is 18.3. The molecule has 0 fully saturated rings. The molecule has 1 N–H and O–H groups in total. The van der Waals surface area contributed by atoms with Crippen molar-refractivity contribution in [3.63, 3.8) is 0 Å². The van der Waals surface area contributed by atoms with E-state index in [0.29, 0.717) is 37.2 Å². The number of carbonyl (C=O) groups is 2. The summed E-state index contributed by atoms with van der Waals surface area (Å²) in [6, 6.07) is 0. The van der Waals surface area contributed by atoms with Gasteiger partial charge in [-0.15, -0.1) is 22.7 Å². The molecule has 0 spiro atoms. The Balaban J connectivity index is 1.73. The summed E-state index contributed by atoms with van der Waals surface area (Å²) in [4.78, 5) is 31.0. The van der Waals surface area contributed by atoms with Crippen LogP contribution in [0.3, 0.4) is 0 Å². The molecule has 1 aliphatic heterocycles. The molecule has 0 aromatic carbocycles. The first-order chi connectivity index (χ1) is 12.5. The van der Waals surface area contributed by atoms with E-state index in [1.165, 1.54) is 10.4 Å². The fourth-order valence-electron chi connectivity index (χ4n) is 3.67. The van der Waals surface area contributed by atoms with Gasteiger partial charge in [-0.2, -0.15) is 0 Å². The van der Waals surface area contributed by atoms with Crippen LogP contribution in [-0.2, 0) is 33.8 Å². The van der Waals surface area contributed by atoms with Crippen LogP contribution in [-0.4, -0.2) is 28.4 Å². The Morgan fingerprint density at radius 3 is 2.81 bits per heavy atom. The van der Waals surface area contributed by atoms with Crippen molar-refractivity contribution in [3.05, 3.63) is 37.5 Å². The van der Waals surface area contributed by atoms with Crippen LogP contribution in [0.4, 0.5) is 0 Å². The Kier molecular flexibility index (Phi) is 4.77. The van der Waals surface area contributed by atoms with E-state index in [4.69, 9.17) is 4.74 Å². The van der Waals surface area contributed by atoms with Crippen molar-refractivity contribution in [2.75, 3.05) is 6.61 Å². The number of rotatable bonds is 5. The Morgan fingerprint density at radius 2 is 2.08 bits per heavy atom. The minimum atomic E-state index is -0.958. The van der Waals surface area contributed by atoms with Gasteiger partial charge in [0.25, 0.3) is 0 Å². The van der Waals surface area contributed by atoms with Gasteiger partial charge in [0.1, 0.15) is 5.01 Å². The van der Waals surface area contributed by atoms with Crippen molar-refractivity contribution in [2.45, 2.75) is 45.6 Å². The summed E-state index contributed by atoms with van der Waals surface area (Å²) in [6.07, 6.45) is 2.88. The fourth-order valence-corrected chi connectivity index (χ4v) is 5.92. The minimum Gasteiger partial charge on any atom is -0.478 e. The smallest absolute Gasteiger partial charge is 0.331 e. The van der Waals surface area contributed by atoms with E-state index in [2.05, 4.69) is 4.98 Å². The largest absolute Gasteiger partial charge is 0.478 e. The van der Waals surface area contributed by atoms with Gasteiger partial charge in [-0.25, -0.2) is 9.78 Å². The number of aryl methyl sites for hydroxylation is 1. The lowest BCUT2D eigenvalue weighted by atomic mass is 9.99. The zero-order valence-corrected chi connectivity index (χ0v) is 16.1. The second kappa shape index (κ2) is 7.06. The first kappa shape index (κ1) is 17.6. The molecular weight excluding hydrogens is 370 g/mol. The molecule has 2 aliphatic rings. The van der Waals surface area contributed by atoms with E-state index in [1.54, 1.807) is 22.7 Å². The molecule has 1 aliphatic carbocycles. The van der Waals surface area contributed by atoms with Crippen LogP contribution >= 0.6 is 22.7 Å². The molecule has 0 unspecified atom stereocenters. The minimum absolute atomic E-state index is 0.0612. The molecule has 0 bridgehead atoms. The van der Waals surface area contributed by atoms with Gasteiger partial charge in [-0.3, -0.25) is 4.79 Å². The van der Waals surface area contributed by atoms with Crippen LogP contribution < -0.4 is 0 Å². The van der Waals surface area contributed by atoms with Crippen LogP contribution in [0, 0.1) is 6.92 Å². The topological polar surface area (TPSA) is 76.5 Å². The van der Waals surface area contributed by atoms with Crippen molar-refractivity contribution in [1.29, 1.82) is 0 Å². The molecule has 136 valence electrons. The molecule has 0 radical (unpaired) electrons. The van der Waals surface area contributed by atoms with Crippen molar-refractivity contribution in [1.82, 2.24) is 4.98 Å². The number of aromatic nitrogens is 1. The average Bonchev–Trinajstić information content (AvgIpc) is 3.31. The number of aliphatic carboxylic acids is 1. The average molecular weight is 389 g/mol. The normalized spacial score (nSPS) is 16.8. The summed E-state index contributed by atoms with van der Waals surface area (Å²) < 4.78 is 5.58. The Morgan fingerprint density at radius 1 is 1.27 bits per heavy atom. The first-order valence-electron chi connectivity index (χ1n) is 8.66. The number of thiophene rings is 1. The highest BCUT2D eigenvalue weighted by atomic mass is 32.1. The number of ether oxygens (including phenoxy) is 1. The number of hydrogen-bond donors (Lipinski definition) is 1. The summed E-state index contributed by atoms with van der Waals surface area (Å²) in [5.41, 5.74) is 4.10. The molecule has 3 heterocycles. The van der Waals surface area contributed by atoms with Crippen LogP contribution in [0.15, 0.2) is 16.5 Å². The molecule has 0 atom stereocenters. The number of carboxylic acid groups (broad SMARTS) is 1. The van der Waals surface area contributed by atoms with E-state index < -0.39 is 5.97 Å². The van der Waals surface area contributed by atoms with Gasteiger partial charge in [0.2, 0.25) is 0 Å². The molecule has 2 aromatic rings. The van der Waals surface area contributed by atoms with Gasteiger partial charge in [0.05, 0.1) is 13.2 Å². The number of carbonyl (C=O) groups excluding carboxylic acids is 1. The number of Topliss-reactive ketones (excluding diaryl/α,β-unsaturated/α-hetero) is 1. The van der Waals surface area contributed by atoms with Crippen molar-refractivity contribution >= 4 is 34.4 Å². The molecule has 0 saturated carbocycles. The van der Waals surface area contributed by atoms with Crippen LogP contribution in [0.25, 0.3) is 10.6 Å². The number of thiazole rings is 1. The third-order valence-corrected chi connectivity index (χ3v) is 7.04. The van der Waals surface area contributed by atoms with Gasteiger partial charge in [-0.05, 0) is 38.2 Å². The Hall–Kier alpha value is -1.83. The monoisotopic (exact) mass is 389 g/mol. The maximum atomic E-state index is 12.9. The first-order valence-corrected chi connectivity index (χ1v) is 10.4. The third kappa shape index (κ3) is 3.15. The molecule has 2 aromatic heterocycles. The quantitative estimate of drug-likeness (QED) is 0.838. The SMILES string of the molecule is Cc1csc(-c2c(CC(=O)C3=C(C(=O)O)CCC3)sc3c2CCOC3)n1. The Labute approximate surface area is 159 Å². The third-order valence-electron chi connectivity index (χ3n) is 4.86. The van der Waals surface area contributed by atoms with Crippen molar-refractivity contribution in [2.24, 2.45) is 0 Å². The number of fused-ring (bicyclic) bond motifs is 1. The predicted molar refractivity (Wildman–Crippen MR) is 101 cm³/mol. The lowest BCUT2D eigenvalue weighted by molar-refractivity contribution is -0.133. The van der Waals surface area contributed by atoms with E-state index in [1.807, 2.05) is 12.3 Å². The van der Waals surface area contributed by atoms with Crippen LogP contribution in [0.2, 0.25) is 0 Å². The highest BCUT2D eigenvalue weighted by molar-refractivity contribution is 7.15. The van der Waals surface area contributed by atoms with Crippen LogP contribution in [0.5, 0.6) is 0 Å². The fraction of sp³-hybridized carbons (Fsp3) is 0.421. The number of carboxylic acids is 1. The summed E-state index contributed by atoms with van der Waals surface area (Å²) in [5, 5.41) is 12.3. The number of hydrogen-bond acceptors (Lipinski definition) is 6. The van der Waals surface area contributed by atoms with E-state index in [9.17, 15) is 14.7 Å². The Bertz CT molecular complexity index is 922. The van der Waals surface area contributed by atoms with Gasteiger partial charge in [-0.1, -0.05) is 0 Å². The van der Waals surface area contributed by atoms with Gasteiger partial charge >= 0.3 is 5.97 Å². The summed E-state index contributed by atoms with van der Waals surface area (Å²) in [6.45, 7) is 3.23. The highest BCUT2D eigenvalue weighted by Crippen LogP contribution is 2.41. The van der Waals surface area contributed by atoms with Crippen molar-refractivity contribution < 1.29 is 19.4 Å². The number of nitrogens with zero attached hydrogens (tertiary/aromatic N) is 1. The molecule has 0 saturated heterocycles. The van der Waals surface area contributed by atoms with E-state index in [0.717, 1.165) is 34.0 Å². The lowest BCUT2D eigenvalue weighted by Gasteiger charge is -2.13. The lowest BCUT2D eigenvalue weighted by Crippen LogP contribution is -2.10. The standard InChI is InChI=1S/C19H19NO4S2/c1-10-9-25-18(20-10)17-13-5-6-24-8-16(13)26-15(17)7-14(21)11-3-2-4-12(11)19(22)23/h9H,2-8H2,1H3,(H,22,23). The molecule has 0 amide bonds. The second-order valence-electron chi connectivity index (χ2n) is 6.61. The summed E-state index contributed by atoms with van der Waals surface area (Å²) in [7, 11) is 0. The van der Waals surface area contributed by atoms with Crippen molar-refractivity contribution in [3.8, 4) is 10.6 Å². The van der Waals surface area contributed by atoms with Gasteiger partial charge in [0, 0.05) is 44.0 Å². The highest BCUT2D eigenvalue weighted by Gasteiger charge is 2.29. The number of ketones is 1. The summed E-state index contributed by atoms with van der Waals surface area (Å²) >= 11 is 3.21. The van der Waals surface area contributed by atoms with Gasteiger partial charge < -0.3 is 9.84 Å². The van der Waals surface area contributed by atoms with Gasteiger partial charge in [0.15, 0.2) is 5.78 Å². The van der Waals surface area contributed by atoms with E-state index >= 15 is 0 Å². The van der Waals surface area contributed by atoms with Crippen LogP contribution in [0.1, 0.15) is 40.3 Å². The molecule has 7 heteroatoms. The molecule has 26 heavy (non-hydrogen) atoms. The summed E-state index contributed by atoms with van der Waals surface area (Å²) in [5.74, 6) is -1.02. The maximum Gasteiger partial charge on any atom is 0.331 e. The zero-order valence-electron chi connectivity index (χ0n) is 14.5. The molecule has 4 rings (SSSR count). The molecule has 5 nitrogen and oxygen atoms in total.